The minimum Gasteiger partial charge on any atom is -0.307 e. The predicted molar refractivity (Wildman–Crippen MR) is 70.4 cm³/mol. The Morgan fingerprint density at radius 2 is 1.53 bits per heavy atom. The Kier molecular flexibility index (Phi) is 24.2. The van der Waals surface area contributed by atoms with Crippen molar-refractivity contribution in [2.24, 2.45) is 0 Å². The molecule has 0 aliphatic rings. The summed E-state index contributed by atoms with van der Waals surface area (Å²) >= 11 is 0. The van der Waals surface area contributed by atoms with Crippen molar-refractivity contribution in [3.63, 3.8) is 0 Å². The van der Waals surface area contributed by atoms with Crippen LogP contribution in [0.15, 0.2) is 24.3 Å². The third kappa shape index (κ3) is 12.9. The van der Waals surface area contributed by atoms with Gasteiger partial charge in [-0.3, -0.25) is 0 Å². The van der Waals surface area contributed by atoms with Gasteiger partial charge in [-0.05, 0) is 18.9 Å². The van der Waals surface area contributed by atoms with Gasteiger partial charge in [-0.15, -0.1) is 0 Å². The van der Waals surface area contributed by atoms with Gasteiger partial charge in [0, 0.05) is 0 Å². The summed E-state index contributed by atoms with van der Waals surface area (Å²) in [5.74, 6) is 0. The molecule has 15 heavy (non-hydrogen) atoms. The second kappa shape index (κ2) is 18.6. The molecule has 0 unspecified atom stereocenters. The van der Waals surface area contributed by atoms with Crippen LogP contribution in [0, 0.1) is 6.92 Å². The molecule has 0 saturated carbocycles. The van der Waals surface area contributed by atoms with Crippen LogP contribution in [0.5, 0.6) is 0 Å². The molecule has 0 bridgehead atoms. The van der Waals surface area contributed by atoms with Crippen LogP contribution in [-0.2, 0) is 11.2 Å². The van der Waals surface area contributed by atoms with Crippen molar-refractivity contribution in [3.05, 3.63) is 35.4 Å². The summed E-state index contributed by atoms with van der Waals surface area (Å²) in [4.78, 5) is 8.00. The van der Waals surface area contributed by atoms with Crippen LogP contribution in [0.25, 0.3) is 0 Å². The van der Waals surface area contributed by atoms with Gasteiger partial charge in [0.05, 0.1) is 0 Å². The maximum Gasteiger partial charge on any atom is 0.106 e. The van der Waals surface area contributed by atoms with E-state index in [2.05, 4.69) is 38.1 Å². The van der Waals surface area contributed by atoms with Gasteiger partial charge in [-0.2, -0.15) is 0 Å². The molecular formula is C14H26O. The van der Waals surface area contributed by atoms with Crippen LogP contribution in [-0.4, -0.2) is 6.79 Å². The van der Waals surface area contributed by atoms with Crippen molar-refractivity contribution in [2.45, 2.75) is 48.0 Å². The maximum atomic E-state index is 8.00. The number of carbonyl (C=O) groups excluding carboxylic acids is 1. The van der Waals surface area contributed by atoms with E-state index in [9.17, 15) is 0 Å². The summed E-state index contributed by atoms with van der Waals surface area (Å²) < 4.78 is 0. The van der Waals surface area contributed by atoms with Crippen LogP contribution in [0.1, 0.15) is 45.7 Å². The normalized spacial score (nSPS) is 6.80. The smallest absolute Gasteiger partial charge is 0.106 e. The standard InChI is InChI=1S/C9H12.2C2H6.CH2O/c1-3-9-6-4-5-8(2)7-9;3*1-2/h4-7H,3H2,1-2H3;2*1-2H3;1H2. The topological polar surface area (TPSA) is 17.1 Å². The monoisotopic (exact) mass is 210 g/mol. The SMILES string of the molecule is C=O.CC.CC.CCc1cccc(C)c1. The van der Waals surface area contributed by atoms with Gasteiger partial charge in [0.1, 0.15) is 6.79 Å². The van der Waals surface area contributed by atoms with Crippen LogP contribution in [0.3, 0.4) is 0 Å². The highest BCUT2D eigenvalue weighted by Crippen LogP contribution is 2.03. The Morgan fingerprint density at radius 3 is 1.80 bits per heavy atom. The molecule has 0 atom stereocenters. The van der Waals surface area contributed by atoms with E-state index in [4.69, 9.17) is 4.79 Å². The maximum absolute atomic E-state index is 8.00. The van der Waals surface area contributed by atoms with Crippen LogP contribution < -0.4 is 0 Å². The van der Waals surface area contributed by atoms with E-state index in [0.717, 1.165) is 6.42 Å². The molecule has 1 aromatic carbocycles. The van der Waals surface area contributed by atoms with Crippen LogP contribution in [0.4, 0.5) is 0 Å². The highest BCUT2D eigenvalue weighted by atomic mass is 16.1. The average molecular weight is 210 g/mol. The van der Waals surface area contributed by atoms with Crippen molar-refractivity contribution in [1.29, 1.82) is 0 Å². The first-order chi connectivity index (χ1) is 7.33. The first-order valence-electron chi connectivity index (χ1n) is 5.67. The van der Waals surface area contributed by atoms with E-state index < -0.39 is 0 Å². The molecule has 0 amide bonds. The van der Waals surface area contributed by atoms with E-state index in [1.165, 1.54) is 11.1 Å². The number of benzene rings is 1. The minimum absolute atomic E-state index is 1.14. The molecule has 88 valence electrons. The van der Waals surface area contributed by atoms with Gasteiger partial charge in [-0.25, -0.2) is 0 Å². The number of hydrogen-bond acceptors (Lipinski definition) is 1. The average Bonchev–Trinajstić information content (AvgIpc) is 2.36. The summed E-state index contributed by atoms with van der Waals surface area (Å²) in [5, 5.41) is 0. The summed E-state index contributed by atoms with van der Waals surface area (Å²) in [6.07, 6.45) is 1.14. The first kappa shape index (κ1) is 19.5. The quantitative estimate of drug-likeness (QED) is 0.670. The molecule has 1 nitrogen and oxygen atoms in total. The van der Waals surface area contributed by atoms with E-state index >= 15 is 0 Å². The number of carbonyl (C=O) groups is 1. The lowest BCUT2D eigenvalue weighted by Crippen LogP contribution is -1.78. The van der Waals surface area contributed by atoms with Crippen LogP contribution in [0.2, 0.25) is 0 Å². The lowest BCUT2D eigenvalue weighted by molar-refractivity contribution is -0.0979. The largest absolute Gasteiger partial charge is 0.307 e. The van der Waals surface area contributed by atoms with Crippen molar-refractivity contribution in [2.75, 3.05) is 0 Å². The Balaban J connectivity index is -0.000000208. The molecule has 0 heterocycles. The van der Waals surface area contributed by atoms with Crippen molar-refractivity contribution in [1.82, 2.24) is 0 Å². The Labute approximate surface area is 95.5 Å². The molecule has 0 N–H and O–H groups in total. The van der Waals surface area contributed by atoms with Gasteiger partial charge in [0.2, 0.25) is 0 Å². The van der Waals surface area contributed by atoms with Gasteiger partial charge >= 0.3 is 0 Å². The Hall–Kier alpha value is -1.11. The lowest BCUT2D eigenvalue weighted by atomic mass is 10.1. The fraction of sp³-hybridized carbons (Fsp3) is 0.500. The number of rotatable bonds is 1. The molecule has 0 saturated heterocycles. The van der Waals surface area contributed by atoms with E-state index in [1.54, 1.807) is 0 Å². The molecule has 0 fully saturated rings. The molecule has 0 aromatic heterocycles. The van der Waals surface area contributed by atoms with E-state index in [-0.39, 0.29) is 0 Å². The Bertz CT molecular complexity index is 206. The molecule has 0 radical (unpaired) electrons. The van der Waals surface area contributed by atoms with Crippen molar-refractivity contribution < 1.29 is 4.79 Å². The van der Waals surface area contributed by atoms with E-state index in [1.807, 2.05) is 34.5 Å². The summed E-state index contributed by atoms with van der Waals surface area (Å²) in [6.45, 7) is 14.3. The second-order valence-electron chi connectivity index (χ2n) is 2.34. The molecule has 0 aliphatic heterocycles. The zero-order valence-electron chi connectivity index (χ0n) is 11.1. The third-order valence-corrected chi connectivity index (χ3v) is 1.49. The lowest BCUT2D eigenvalue weighted by Gasteiger charge is -1.95. The molecule has 0 spiro atoms. The summed E-state index contributed by atoms with van der Waals surface area (Å²) in [5.41, 5.74) is 2.78. The molecule has 1 aromatic rings. The van der Waals surface area contributed by atoms with Crippen LogP contribution >= 0.6 is 0 Å². The fourth-order valence-electron chi connectivity index (χ4n) is 0.932. The zero-order valence-corrected chi connectivity index (χ0v) is 11.1. The van der Waals surface area contributed by atoms with Crippen molar-refractivity contribution >= 4 is 6.79 Å². The third-order valence-electron chi connectivity index (χ3n) is 1.49. The molecule has 0 aliphatic carbocycles. The molecular weight excluding hydrogens is 184 g/mol. The summed E-state index contributed by atoms with van der Waals surface area (Å²) in [7, 11) is 0. The first-order valence-corrected chi connectivity index (χ1v) is 5.67. The fourth-order valence-corrected chi connectivity index (χ4v) is 0.932. The van der Waals surface area contributed by atoms with Gasteiger partial charge in [0.25, 0.3) is 0 Å². The molecule has 1 heteroatoms. The highest BCUT2D eigenvalue weighted by molar-refractivity contribution is 5.21. The van der Waals surface area contributed by atoms with Gasteiger partial charge in [0.15, 0.2) is 0 Å². The van der Waals surface area contributed by atoms with Gasteiger partial charge < -0.3 is 4.79 Å². The Morgan fingerprint density at radius 1 is 1.07 bits per heavy atom. The number of hydrogen-bond donors (Lipinski definition) is 0. The molecule has 1 rings (SSSR count). The van der Waals surface area contributed by atoms with Gasteiger partial charge in [-0.1, -0.05) is 64.4 Å². The highest BCUT2D eigenvalue weighted by Gasteiger charge is 1.85. The second-order valence-corrected chi connectivity index (χ2v) is 2.34. The summed E-state index contributed by atoms with van der Waals surface area (Å²) in [6, 6.07) is 8.61. The van der Waals surface area contributed by atoms with Crippen molar-refractivity contribution in [3.8, 4) is 0 Å². The number of aryl methyl sites for hydroxylation is 2. The predicted octanol–water partition coefficient (Wildman–Crippen LogP) is 4.42. The minimum atomic E-state index is 1.14. The zero-order chi connectivity index (χ0) is 12.7. The van der Waals surface area contributed by atoms with E-state index in [0.29, 0.717) is 0 Å².